The maximum atomic E-state index is 13.4. The molecule has 15 nitrogen and oxygen atoms in total. The van der Waals surface area contributed by atoms with Crippen LogP contribution in [-0.2, 0) is 25.6 Å². The predicted octanol–water partition coefficient (Wildman–Crippen LogP) is 1.99. The molecular weight excluding hydrogens is 630 g/mol. The number of benzene rings is 3. The lowest BCUT2D eigenvalue weighted by atomic mass is 10.0. The van der Waals surface area contributed by atoms with Crippen molar-refractivity contribution < 1.29 is 29.1 Å². The van der Waals surface area contributed by atoms with Gasteiger partial charge in [0.05, 0.1) is 23.5 Å². The molecule has 16 heteroatoms. The van der Waals surface area contributed by atoms with Crippen LogP contribution in [0.1, 0.15) is 22.8 Å². The lowest BCUT2D eigenvalue weighted by Gasteiger charge is -2.33. The van der Waals surface area contributed by atoms with Crippen LogP contribution in [0.3, 0.4) is 0 Å². The number of aromatic nitrogens is 4. The Bertz CT molecular complexity index is 1780. The van der Waals surface area contributed by atoms with Gasteiger partial charge in [0.15, 0.2) is 0 Å². The number of piperazine rings is 1. The summed E-state index contributed by atoms with van der Waals surface area (Å²) in [5.41, 5.74) is 2.15. The Morgan fingerprint density at radius 2 is 1.70 bits per heavy atom. The van der Waals surface area contributed by atoms with Gasteiger partial charge in [-0.1, -0.05) is 30.7 Å². The van der Waals surface area contributed by atoms with Crippen LogP contribution >= 0.6 is 11.6 Å². The van der Waals surface area contributed by atoms with E-state index in [-0.39, 0.29) is 34.3 Å². The molecule has 1 atom stereocenters. The van der Waals surface area contributed by atoms with Crippen LogP contribution < -0.4 is 20.9 Å². The first kappa shape index (κ1) is 32.7. The number of likely N-dealkylation sites (N-methyl/N-ethyl adjacent to an activating group) is 1. The van der Waals surface area contributed by atoms with Crippen molar-refractivity contribution in [1.82, 2.24) is 30.4 Å². The van der Waals surface area contributed by atoms with E-state index in [1.54, 1.807) is 41.3 Å². The fraction of sp³-hybridized carbons (Fsp3) is 0.226. The van der Waals surface area contributed by atoms with Gasteiger partial charge in [-0.05, 0) is 77.1 Å². The zero-order valence-corrected chi connectivity index (χ0v) is 25.8. The molecule has 0 radical (unpaired) electrons. The molecule has 1 aliphatic rings. The molecule has 47 heavy (non-hydrogen) atoms. The van der Waals surface area contributed by atoms with Crippen molar-refractivity contribution in [1.29, 1.82) is 0 Å². The summed E-state index contributed by atoms with van der Waals surface area (Å²) in [5, 5.41) is 28.1. The molecule has 1 fully saturated rings. The van der Waals surface area contributed by atoms with Gasteiger partial charge in [-0.2, -0.15) is 4.68 Å². The third-order valence-corrected chi connectivity index (χ3v) is 7.70. The third kappa shape index (κ3) is 8.14. The number of anilines is 3. The van der Waals surface area contributed by atoms with E-state index in [0.29, 0.717) is 30.0 Å². The molecule has 4 N–H and O–H groups in total. The second kappa shape index (κ2) is 14.6. The highest BCUT2D eigenvalue weighted by atomic mass is 35.5. The molecular formula is C31H30ClN9O6. The quantitative estimate of drug-likeness (QED) is 0.183. The summed E-state index contributed by atoms with van der Waals surface area (Å²) in [6.07, 6.45) is 1.29. The Hall–Kier alpha value is -5.67. The van der Waals surface area contributed by atoms with E-state index < -0.39 is 29.7 Å². The first-order valence-electron chi connectivity index (χ1n) is 14.5. The molecule has 4 aromatic rings. The minimum atomic E-state index is -1.23. The number of nitrogens with zero attached hydrogens (tertiary/aromatic N) is 6. The number of hydrogen-bond donors (Lipinski definition) is 4. The molecule has 0 aliphatic carbocycles. The van der Waals surface area contributed by atoms with Gasteiger partial charge in [-0.3, -0.25) is 24.1 Å². The molecule has 1 aromatic heterocycles. The van der Waals surface area contributed by atoms with Gasteiger partial charge in [0.25, 0.3) is 0 Å². The summed E-state index contributed by atoms with van der Waals surface area (Å²) in [6.45, 7) is 4.41. The molecule has 4 amide bonds. The van der Waals surface area contributed by atoms with E-state index in [0.717, 1.165) is 13.1 Å². The van der Waals surface area contributed by atoms with Crippen molar-refractivity contribution in [3.05, 3.63) is 89.2 Å². The first-order chi connectivity index (χ1) is 22.6. The van der Waals surface area contributed by atoms with E-state index in [4.69, 9.17) is 11.6 Å². The van der Waals surface area contributed by atoms with E-state index in [1.807, 2.05) is 6.92 Å². The number of rotatable bonds is 10. The highest BCUT2D eigenvalue weighted by molar-refractivity contribution is 6.40. The van der Waals surface area contributed by atoms with Crippen molar-refractivity contribution in [3.8, 4) is 5.69 Å². The second-order valence-corrected chi connectivity index (χ2v) is 11.0. The normalized spacial score (nSPS) is 13.9. The third-order valence-electron chi connectivity index (χ3n) is 7.46. The van der Waals surface area contributed by atoms with Gasteiger partial charge < -0.3 is 26.0 Å². The fourth-order valence-electron chi connectivity index (χ4n) is 4.93. The van der Waals surface area contributed by atoms with Crippen LogP contribution in [0, 0.1) is 0 Å². The Morgan fingerprint density at radius 1 is 0.957 bits per heavy atom. The largest absolute Gasteiger partial charge is 0.478 e. The number of carboxylic acids is 1. The van der Waals surface area contributed by atoms with Crippen LogP contribution in [0.4, 0.5) is 17.1 Å². The Balaban J connectivity index is 1.33. The van der Waals surface area contributed by atoms with Crippen molar-refractivity contribution in [2.24, 2.45) is 0 Å². The zero-order chi connectivity index (χ0) is 33.5. The minimum Gasteiger partial charge on any atom is -0.478 e. The van der Waals surface area contributed by atoms with Crippen molar-refractivity contribution in [2.45, 2.75) is 19.4 Å². The van der Waals surface area contributed by atoms with Gasteiger partial charge in [0.1, 0.15) is 12.4 Å². The number of aromatic carboxylic acids is 1. The maximum absolute atomic E-state index is 13.4. The number of carboxylic acid groups (broad SMARTS) is 1. The molecule has 1 saturated heterocycles. The molecule has 2 heterocycles. The van der Waals surface area contributed by atoms with Crippen molar-refractivity contribution >= 4 is 58.3 Å². The minimum absolute atomic E-state index is 0.0110. The molecule has 1 aliphatic heterocycles. The van der Waals surface area contributed by atoms with Crippen molar-refractivity contribution in [3.63, 3.8) is 0 Å². The monoisotopic (exact) mass is 659 g/mol. The lowest BCUT2D eigenvalue weighted by Crippen LogP contribution is -2.50. The molecule has 0 spiro atoms. The molecule has 0 unspecified atom stereocenters. The molecule has 5 rings (SSSR count). The second-order valence-electron chi connectivity index (χ2n) is 10.6. The SMILES string of the molecule is CCN1CCN(c2ccc(C[C@H](NC(=O)C(=O)Nc3cc(Cl)ccc3-n3cnnn3)C(=O)Nc3ccc(C(=O)O)cc3)cc2)C(=O)C1. The zero-order valence-electron chi connectivity index (χ0n) is 25.1. The van der Waals surface area contributed by atoms with Gasteiger partial charge in [0, 0.05) is 35.9 Å². The number of carbonyl (C=O) groups excluding carboxylic acids is 4. The van der Waals surface area contributed by atoms with Crippen LogP contribution in [-0.4, -0.2) is 92.0 Å². The number of halogens is 1. The van der Waals surface area contributed by atoms with E-state index in [2.05, 4.69) is 36.4 Å². The average Bonchev–Trinajstić information content (AvgIpc) is 3.60. The van der Waals surface area contributed by atoms with Crippen LogP contribution in [0.5, 0.6) is 0 Å². The lowest BCUT2D eigenvalue weighted by molar-refractivity contribution is -0.137. The maximum Gasteiger partial charge on any atom is 0.335 e. The Labute approximate surface area is 273 Å². The average molecular weight is 660 g/mol. The van der Waals surface area contributed by atoms with Crippen LogP contribution in [0.2, 0.25) is 5.02 Å². The highest BCUT2D eigenvalue weighted by Crippen LogP contribution is 2.24. The van der Waals surface area contributed by atoms with E-state index in [1.165, 1.54) is 41.3 Å². The van der Waals surface area contributed by atoms with Crippen LogP contribution in [0.15, 0.2) is 73.1 Å². The number of tetrazole rings is 1. The van der Waals surface area contributed by atoms with E-state index >= 15 is 0 Å². The summed E-state index contributed by atoms with van der Waals surface area (Å²) in [6, 6.07) is 15.8. The summed E-state index contributed by atoms with van der Waals surface area (Å²) >= 11 is 6.12. The van der Waals surface area contributed by atoms with Gasteiger partial charge in [0.2, 0.25) is 11.8 Å². The summed E-state index contributed by atoms with van der Waals surface area (Å²) < 4.78 is 1.27. The highest BCUT2D eigenvalue weighted by Gasteiger charge is 2.27. The smallest absolute Gasteiger partial charge is 0.335 e. The van der Waals surface area contributed by atoms with Crippen molar-refractivity contribution in [2.75, 3.05) is 41.7 Å². The fourth-order valence-corrected chi connectivity index (χ4v) is 5.10. The van der Waals surface area contributed by atoms with E-state index in [9.17, 15) is 29.1 Å². The number of nitrogens with one attached hydrogen (secondary N) is 3. The summed E-state index contributed by atoms with van der Waals surface area (Å²) in [4.78, 5) is 67.3. The van der Waals surface area contributed by atoms with Gasteiger partial charge in [-0.25, -0.2) is 4.79 Å². The molecule has 0 saturated carbocycles. The molecule has 0 bridgehead atoms. The summed E-state index contributed by atoms with van der Waals surface area (Å²) in [5.74, 6) is -3.98. The number of hydrogen-bond acceptors (Lipinski definition) is 9. The Kier molecular flexibility index (Phi) is 10.2. The Morgan fingerprint density at radius 3 is 2.34 bits per heavy atom. The molecule has 3 aromatic carbocycles. The predicted molar refractivity (Wildman–Crippen MR) is 171 cm³/mol. The number of amides is 4. The summed E-state index contributed by atoms with van der Waals surface area (Å²) in [7, 11) is 0. The van der Waals surface area contributed by atoms with Crippen LogP contribution in [0.25, 0.3) is 5.69 Å². The molecule has 242 valence electrons. The van der Waals surface area contributed by atoms with Gasteiger partial charge in [-0.15, -0.1) is 5.10 Å². The topological polar surface area (TPSA) is 192 Å². The van der Waals surface area contributed by atoms with Gasteiger partial charge >= 0.3 is 17.8 Å². The number of carbonyl (C=O) groups is 5. The first-order valence-corrected chi connectivity index (χ1v) is 14.9. The standard InChI is InChI=1S/C31H30ClN9O6/c1-2-39-13-14-40(27(42)17-39)23-10-3-19(4-11-23)15-25(28(43)34-22-8-5-20(6-9-22)31(46)47)36-30(45)29(44)35-24-16-21(32)7-12-26(24)41-18-33-37-38-41/h3-12,16,18,25H,2,13-15,17H2,1H3,(H,34,43)(H,35,44)(H,36,45)(H,46,47)/t25-/m0/s1.